The average molecular weight is 255 g/mol. The Balaban J connectivity index is 1.56. The van der Waals surface area contributed by atoms with E-state index in [1.165, 1.54) is 22.4 Å². The fourth-order valence-corrected chi connectivity index (χ4v) is 3.39. The Hall–Kier alpha value is -1.25. The number of rotatable bonds is 4. The lowest BCUT2D eigenvalue weighted by atomic mass is 10.0. The van der Waals surface area contributed by atoms with Gasteiger partial charge < -0.3 is 5.32 Å². The van der Waals surface area contributed by atoms with Gasteiger partial charge in [-0.15, -0.1) is 11.8 Å². The third-order valence-corrected chi connectivity index (χ3v) is 4.43. The van der Waals surface area contributed by atoms with E-state index in [1.807, 2.05) is 11.8 Å². The van der Waals surface area contributed by atoms with Crippen molar-refractivity contribution in [2.24, 2.45) is 0 Å². The van der Waals surface area contributed by atoms with Gasteiger partial charge in [-0.2, -0.15) is 0 Å². The van der Waals surface area contributed by atoms with Crippen molar-refractivity contribution in [1.29, 1.82) is 0 Å². The van der Waals surface area contributed by atoms with Crippen LogP contribution in [0.5, 0.6) is 0 Å². The minimum absolute atomic E-state index is 0.539. The summed E-state index contributed by atoms with van der Waals surface area (Å²) >= 11 is 1.94. The molecule has 1 aliphatic heterocycles. The molecule has 2 heteroatoms. The van der Waals surface area contributed by atoms with Gasteiger partial charge in [0.15, 0.2) is 0 Å². The van der Waals surface area contributed by atoms with Gasteiger partial charge in [-0.3, -0.25) is 0 Å². The highest BCUT2D eigenvalue weighted by Crippen LogP contribution is 2.29. The summed E-state index contributed by atoms with van der Waals surface area (Å²) in [6, 6.07) is 19.9. The van der Waals surface area contributed by atoms with Gasteiger partial charge in [0.2, 0.25) is 0 Å². The predicted molar refractivity (Wildman–Crippen MR) is 77.8 cm³/mol. The molecule has 0 bridgehead atoms. The average Bonchev–Trinajstić information content (AvgIpc) is 2.84. The summed E-state index contributed by atoms with van der Waals surface area (Å²) in [5.41, 5.74) is 2.96. The second-order valence-electron chi connectivity index (χ2n) is 4.58. The summed E-state index contributed by atoms with van der Waals surface area (Å²) in [4.78, 5) is 1.36. The van der Waals surface area contributed by atoms with Crippen LogP contribution in [-0.4, -0.2) is 5.75 Å². The molecule has 1 heterocycles. The van der Waals surface area contributed by atoms with Crippen LogP contribution >= 0.6 is 11.8 Å². The normalized spacial score (nSPS) is 17.7. The molecule has 0 fully saturated rings. The molecular weight excluding hydrogens is 238 g/mol. The van der Waals surface area contributed by atoms with E-state index in [0.29, 0.717) is 6.04 Å². The van der Waals surface area contributed by atoms with E-state index in [0.717, 1.165) is 12.3 Å². The molecule has 2 aromatic carbocycles. The second kappa shape index (κ2) is 5.59. The van der Waals surface area contributed by atoms with Gasteiger partial charge in [0, 0.05) is 17.5 Å². The van der Waals surface area contributed by atoms with E-state index < -0.39 is 0 Å². The van der Waals surface area contributed by atoms with Crippen LogP contribution in [0.25, 0.3) is 0 Å². The van der Waals surface area contributed by atoms with E-state index in [-0.39, 0.29) is 0 Å². The molecule has 2 aromatic rings. The maximum atomic E-state index is 3.59. The molecule has 92 valence electrons. The van der Waals surface area contributed by atoms with Crippen molar-refractivity contribution < 1.29 is 0 Å². The molecule has 0 aromatic heterocycles. The zero-order valence-electron chi connectivity index (χ0n) is 10.3. The molecular formula is C16H17NS. The lowest BCUT2D eigenvalue weighted by Crippen LogP contribution is -2.12. The van der Waals surface area contributed by atoms with Gasteiger partial charge in [-0.25, -0.2) is 0 Å². The number of thioether (sulfide) groups is 1. The van der Waals surface area contributed by atoms with Crippen molar-refractivity contribution in [3.05, 3.63) is 65.7 Å². The highest BCUT2D eigenvalue weighted by molar-refractivity contribution is 7.99. The van der Waals surface area contributed by atoms with E-state index in [4.69, 9.17) is 0 Å². The summed E-state index contributed by atoms with van der Waals surface area (Å²) in [7, 11) is 0. The molecule has 0 saturated heterocycles. The fourth-order valence-electron chi connectivity index (χ4n) is 2.45. The minimum atomic E-state index is 0.539. The number of hydrogen-bond acceptors (Lipinski definition) is 2. The van der Waals surface area contributed by atoms with Crippen LogP contribution in [-0.2, 0) is 6.54 Å². The predicted octanol–water partition coefficient (Wildman–Crippen LogP) is 4.01. The first-order valence-electron chi connectivity index (χ1n) is 6.42. The number of fused-ring (bicyclic) bond motifs is 1. The van der Waals surface area contributed by atoms with Crippen LogP contribution < -0.4 is 5.32 Å². The number of nitrogens with one attached hydrogen (secondary N) is 1. The Morgan fingerprint density at radius 1 is 1.00 bits per heavy atom. The Morgan fingerprint density at radius 2 is 1.78 bits per heavy atom. The van der Waals surface area contributed by atoms with E-state index in [2.05, 4.69) is 59.9 Å². The standard InChI is InChI=1S/C16H17NS/c1-2-7-14(8-3-1)18-11-10-16-15-9-5-4-6-13(15)12-17-16/h1-9,16-17H,10-12H2. The molecule has 1 nitrogen and oxygen atoms in total. The van der Waals surface area contributed by atoms with Crippen molar-refractivity contribution in [3.63, 3.8) is 0 Å². The maximum absolute atomic E-state index is 3.59. The van der Waals surface area contributed by atoms with Crippen molar-refractivity contribution in [2.75, 3.05) is 5.75 Å². The highest BCUT2D eigenvalue weighted by atomic mass is 32.2. The molecule has 18 heavy (non-hydrogen) atoms. The lowest BCUT2D eigenvalue weighted by molar-refractivity contribution is 0.571. The molecule has 3 rings (SSSR count). The van der Waals surface area contributed by atoms with Gasteiger partial charge in [0.25, 0.3) is 0 Å². The Bertz CT molecular complexity index is 510. The van der Waals surface area contributed by atoms with Crippen molar-refractivity contribution in [2.45, 2.75) is 23.9 Å². The largest absolute Gasteiger partial charge is 0.306 e. The van der Waals surface area contributed by atoms with Gasteiger partial charge in [-0.1, -0.05) is 42.5 Å². The number of hydrogen-bond donors (Lipinski definition) is 1. The third-order valence-electron chi connectivity index (χ3n) is 3.39. The maximum Gasteiger partial charge on any atom is 0.0334 e. The zero-order valence-corrected chi connectivity index (χ0v) is 11.1. The Kier molecular flexibility index (Phi) is 3.67. The van der Waals surface area contributed by atoms with Crippen LogP contribution in [0.15, 0.2) is 59.5 Å². The zero-order chi connectivity index (χ0) is 12.2. The quantitative estimate of drug-likeness (QED) is 0.828. The van der Waals surface area contributed by atoms with Crippen LogP contribution in [0.4, 0.5) is 0 Å². The van der Waals surface area contributed by atoms with Crippen molar-refractivity contribution in [1.82, 2.24) is 5.32 Å². The lowest BCUT2D eigenvalue weighted by Gasteiger charge is -2.11. The summed E-state index contributed by atoms with van der Waals surface area (Å²) in [6.07, 6.45) is 1.19. The molecule has 0 radical (unpaired) electrons. The monoisotopic (exact) mass is 255 g/mol. The SMILES string of the molecule is c1ccc(SCCC2NCc3ccccc32)cc1. The molecule has 0 spiro atoms. The molecule has 1 atom stereocenters. The smallest absolute Gasteiger partial charge is 0.0334 e. The first-order valence-corrected chi connectivity index (χ1v) is 7.41. The van der Waals surface area contributed by atoms with Crippen molar-refractivity contribution >= 4 is 11.8 Å². The van der Waals surface area contributed by atoms with Gasteiger partial charge in [-0.05, 0) is 35.4 Å². The summed E-state index contributed by atoms with van der Waals surface area (Å²) in [6.45, 7) is 1.02. The minimum Gasteiger partial charge on any atom is -0.306 e. The van der Waals surface area contributed by atoms with E-state index in [9.17, 15) is 0 Å². The first-order chi connectivity index (χ1) is 8.93. The molecule has 0 aliphatic carbocycles. The number of benzene rings is 2. The molecule has 0 saturated carbocycles. The Labute approximate surface area is 113 Å². The highest BCUT2D eigenvalue weighted by Gasteiger charge is 2.20. The Morgan fingerprint density at radius 3 is 2.67 bits per heavy atom. The van der Waals surface area contributed by atoms with Gasteiger partial charge in [0.05, 0.1) is 0 Å². The topological polar surface area (TPSA) is 12.0 Å². The third kappa shape index (κ3) is 2.60. The summed E-state index contributed by atoms with van der Waals surface area (Å²) < 4.78 is 0. The second-order valence-corrected chi connectivity index (χ2v) is 5.75. The van der Waals surface area contributed by atoms with Gasteiger partial charge >= 0.3 is 0 Å². The molecule has 1 N–H and O–H groups in total. The first kappa shape index (κ1) is 11.8. The van der Waals surface area contributed by atoms with Crippen LogP contribution in [0.2, 0.25) is 0 Å². The molecule has 1 unspecified atom stereocenters. The van der Waals surface area contributed by atoms with Crippen LogP contribution in [0.1, 0.15) is 23.6 Å². The molecule has 1 aliphatic rings. The van der Waals surface area contributed by atoms with Crippen molar-refractivity contribution in [3.8, 4) is 0 Å². The fraction of sp³-hybridized carbons (Fsp3) is 0.250. The van der Waals surface area contributed by atoms with Crippen LogP contribution in [0.3, 0.4) is 0 Å². The summed E-state index contributed by atoms with van der Waals surface area (Å²) in [5.74, 6) is 1.16. The summed E-state index contributed by atoms with van der Waals surface area (Å²) in [5, 5.41) is 3.59. The van der Waals surface area contributed by atoms with E-state index in [1.54, 1.807) is 0 Å². The van der Waals surface area contributed by atoms with Crippen LogP contribution in [0, 0.1) is 0 Å². The van der Waals surface area contributed by atoms with E-state index >= 15 is 0 Å². The van der Waals surface area contributed by atoms with Gasteiger partial charge in [0.1, 0.15) is 0 Å². The molecule has 0 amide bonds.